The molecule has 9 amide bonds. The maximum atomic E-state index is 15.2. The number of carbonyl (C=O) groups is 11. The third kappa shape index (κ3) is 18.3. The van der Waals surface area contributed by atoms with E-state index >= 15 is 4.39 Å². The zero-order valence-electron chi connectivity index (χ0n) is 41.9. The van der Waals surface area contributed by atoms with Crippen LogP contribution in [0.15, 0.2) is 72.9 Å². The van der Waals surface area contributed by atoms with Crippen molar-refractivity contribution >= 4 is 65.1 Å². The number of amides is 9. The SMILES string of the molecule is C[C@@H](NC(=O)CN1C(=O)C=CC1=O)C(=O)N[C@H](C)C(=O)N[C@@H](CC(N)=O)C(=O)N[C@@H](CCN[C@@H](c1cc(-c2cc(F)ccc2F)cn1Cc1ccccc1)C(C)(C)C)C(=O)NCCC(=O)N[C@@H](CCC(=O)O)C(=O)O. The number of aromatic nitrogens is 1. The molecule has 0 saturated carbocycles. The topological polar surface area (TPSA) is 347 Å². The van der Waals surface area contributed by atoms with Crippen LogP contribution in [0.4, 0.5) is 8.78 Å². The third-order valence-electron chi connectivity index (χ3n) is 11.6. The van der Waals surface area contributed by atoms with E-state index in [1.54, 1.807) is 12.3 Å². The molecule has 6 atom stereocenters. The highest BCUT2D eigenvalue weighted by molar-refractivity contribution is 6.14. The van der Waals surface area contributed by atoms with Crippen molar-refractivity contribution in [2.75, 3.05) is 19.6 Å². The Morgan fingerprint density at radius 2 is 1.32 bits per heavy atom. The fourth-order valence-corrected chi connectivity index (χ4v) is 7.73. The van der Waals surface area contributed by atoms with Crippen molar-refractivity contribution in [3.05, 3.63) is 95.8 Å². The minimum Gasteiger partial charge on any atom is -0.481 e. The molecule has 0 bridgehead atoms. The number of carboxylic acid groups (broad SMARTS) is 2. The number of nitrogens with zero attached hydrogens (tertiary/aromatic N) is 2. The van der Waals surface area contributed by atoms with Gasteiger partial charge in [-0.05, 0) is 68.5 Å². The van der Waals surface area contributed by atoms with E-state index in [2.05, 4.69) is 37.2 Å². The van der Waals surface area contributed by atoms with Gasteiger partial charge in [-0.25, -0.2) is 13.6 Å². The number of carboxylic acids is 2. The summed E-state index contributed by atoms with van der Waals surface area (Å²) in [6, 6.07) is 6.09. The summed E-state index contributed by atoms with van der Waals surface area (Å²) < 4.78 is 31.6. The lowest BCUT2D eigenvalue weighted by molar-refractivity contribution is -0.143. The average molecular weight is 1050 g/mol. The molecule has 1 aliphatic rings. The maximum absolute atomic E-state index is 15.2. The Bertz CT molecular complexity index is 2650. The lowest BCUT2D eigenvalue weighted by Crippen LogP contribution is -2.58. The number of imide groups is 1. The monoisotopic (exact) mass is 1050 g/mol. The van der Waals surface area contributed by atoms with E-state index in [-0.39, 0.29) is 18.5 Å². The molecule has 0 aliphatic carbocycles. The number of primary amides is 1. The molecule has 1 aromatic heterocycles. The molecule has 404 valence electrons. The molecule has 75 heavy (non-hydrogen) atoms. The van der Waals surface area contributed by atoms with Crippen molar-refractivity contribution in [3.63, 3.8) is 0 Å². The number of hydrogen-bond donors (Lipinski definition) is 10. The van der Waals surface area contributed by atoms with Crippen molar-refractivity contribution < 1.29 is 71.7 Å². The molecule has 3 aromatic rings. The first-order valence-corrected chi connectivity index (χ1v) is 23.7. The van der Waals surface area contributed by atoms with E-state index in [1.807, 2.05) is 55.7 Å². The zero-order chi connectivity index (χ0) is 55.7. The number of aliphatic carboxylic acids is 2. The van der Waals surface area contributed by atoms with Crippen molar-refractivity contribution in [3.8, 4) is 11.1 Å². The van der Waals surface area contributed by atoms with Gasteiger partial charge in [0.1, 0.15) is 48.4 Å². The fourth-order valence-electron chi connectivity index (χ4n) is 7.73. The smallest absolute Gasteiger partial charge is 0.326 e. The second kappa shape index (κ2) is 27.1. The minimum absolute atomic E-state index is 0.0146. The molecule has 0 unspecified atom stereocenters. The number of nitrogens with one attached hydrogen (secondary N) is 7. The molecule has 11 N–H and O–H groups in total. The van der Waals surface area contributed by atoms with Crippen molar-refractivity contribution in [2.24, 2.45) is 11.1 Å². The van der Waals surface area contributed by atoms with Gasteiger partial charge in [0.05, 0.1) is 12.5 Å². The van der Waals surface area contributed by atoms with Gasteiger partial charge in [-0.3, -0.25) is 52.8 Å². The standard InChI is InChI=1S/C50H62F2N10O13/c1-27(56-40(65)26-62-41(66)14-15-42(62)67)45(70)57-28(2)46(71)60-36(23-38(53)63)48(73)59-34(47(72)55-20-18-39(64)58-35(49(74)75)13-16-43(68)69)17-19-54-44(50(3,4)5)37-21-30(32-22-31(51)11-12-33(32)52)25-61(37)24-29-9-7-6-8-10-29/h6-12,14-15,21-22,25,27-28,34-36,44,54H,13,16-20,23-24,26H2,1-5H3,(H2,53,63)(H,55,72)(H,56,65)(H,57,70)(H,58,64)(H,59,73)(H,60,71)(H,68,69)(H,74,75)/t27-,28-,34+,35+,36+,44+/m1/s1. The summed E-state index contributed by atoms with van der Waals surface area (Å²) in [5, 5.41) is 36.0. The lowest BCUT2D eigenvalue weighted by atomic mass is 9.84. The third-order valence-corrected chi connectivity index (χ3v) is 11.6. The molecule has 23 nitrogen and oxygen atoms in total. The van der Waals surface area contributed by atoms with Crippen molar-refractivity contribution in [1.82, 2.24) is 46.7 Å². The van der Waals surface area contributed by atoms with Gasteiger partial charge >= 0.3 is 11.9 Å². The molecule has 0 fully saturated rings. The van der Waals surface area contributed by atoms with Crippen LogP contribution in [0.5, 0.6) is 0 Å². The highest BCUT2D eigenvalue weighted by atomic mass is 19.1. The molecule has 0 saturated heterocycles. The fraction of sp³-hybridized carbons (Fsp3) is 0.420. The Balaban J connectivity index is 1.55. The Morgan fingerprint density at radius 3 is 1.93 bits per heavy atom. The molecule has 1 aliphatic heterocycles. The summed E-state index contributed by atoms with van der Waals surface area (Å²) in [6.45, 7) is 7.40. The van der Waals surface area contributed by atoms with Crippen LogP contribution in [-0.2, 0) is 59.3 Å². The first kappa shape index (κ1) is 59.2. The van der Waals surface area contributed by atoms with Gasteiger partial charge in [-0.1, -0.05) is 51.1 Å². The average Bonchev–Trinajstić information content (AvgIpc) is 3.88. The maximum Gasteiger partial charge on any atom is 0.326 e. The summed E-state index contributed by atoms with van der Waals surface area (Å²) >= 11 is 0. The van der Waals surface area contributed by atoms with Gasteiger partial charge in [-0.2, -0.15) is 0 Å². The van der Waals surface area contributed by atoms with Crippen LogP contribution in [0.1, 0.15) is 84.0 Å². The first-order chi connectivity index (χ1) is 35.2. The first-order valence-electron chi connectivity index (χ1n) is 23.7. The van der Waals surface area contributed by atoms with E-state index in [4.69, 9.17) is 10.8 Å². The summed E-state index contributed by atoms with van der Waals surface area (Å²) in [7, 11) is 0. The van der Waals surface area contributed by atoms with E-state index < -0.39 is 157 Å². The van der Waals surface area contributed by atoms with E-state index in [9.17, 15) is 62.2 Å². The quantitative estimate of drug-likeness (QED) is 0.0437. The Labute approximate surface area is 429 Å². The van der Waals surface area contributed by atoms with Crippen LogP contribution in [0.3, 0.4) is 0 Å². The van der Waals surface area contributed by atoms with Crippen LogP contribution in [0.2, 0.25) is 0 Å². The van der Waals surface area contributed by atoms with Crippen molar-refractivity contribution in [2.45, 2.75) is 110 Å². The zero-order valence-corrected chi connectivity index (χ0v) is 41.9. The summed E-state index contributed by atoms with van der Waals surface area (Å²) in [5.74, 6) is -12.2. The molecule has 2 heterocycles. The Kier molecular flexibility index (Phi) is 21.4. The van der Waals surface area contributed by atoms with E-state index in [0.717, 1.165) is 35.9 Å². The summed E-state index contributed by atoms with van der Waals surface area (Å²) in [6.07, 6.45) is 1.17. The van der Waals surface area contributed by atoms with Gasteiger partial charge in [0.2, 0.25) is 41.4 Å². The predicted molar refractivity (Wildman–Crippen MR) is 263 cm³/mol. The van der Waals surface area contributed by atoms with Crippen LogP contribution >= 0.6 is 0 Å². The van der Waals surface area contributed by atoms with Gasteiger partial charge in [-0.15, -0.1) is 0 Å². The van der Waals surface area contributed by atoms with Gasteiger partial charge in [0.25, 0.3) is 11.8 Å². The van der Waals surface area contributed by atoms with Crippen molar-refractivity contribution in [1.29, 1.82) is 0 Å². The molecule has 4 rings (SSSR count). The predicted octanol–water partition coefficient (Wildman–Crippen LogP) is 0.268. The second-order valence-electron chi connectivity index (χ2n) is 18.8. The van der Waals surface area contributed by atoms with Gasteiger partial charge < -0.3 is 57.7 Å². The molecular weight excluding hydrogens is 987 g/mol. The summed E-state index contributed by atoms with van der Waals surface area (Å²) in [5.41, 5.74) is 6.76. The number of rotatable bonds is 28. The molecular formula is C50H62F2N10O13. The second-order valence-corrected chi connectivity index (χ2v) is 18.8. The normalized spacial score (nSPS) is 14.6. The minimum atomic E-state index is -1.74. The van der Waals surface area contributed by atoms with Gasteiger partial charge in [0, 0.05) is 61.1 Å². The highest BCUT2D eigenvalue weighted by Crippen LogP contribution is 2.37. The molecule has 0 radical (unpaired) electrons. The molecule has 0 spiro atoms. The number of carbonyl (C=O) groups excluding carboxylic acids is 9. The molecule has 2 aromatic carbocycles. The number of nitrogens with two attached hydrogens (primary N) is 1. The van der Waals surface area contributed by atoms with Crippen LogP contribution in [0, 0.1) is 17.0 Å². The van der Waals surface area contributed by atoms with Crippen LogP contribution < -0.4 is 43.0 Å². The highest BCUT2D eigenvalue weighted by Gasteiger charge is 2.34. The van der Waals surface area contributed by atoms with Crippen LogP contribution in [0.25, 0.3) is 11.1 Å². The number of hydrogen-bond acceptors (Lipinski definition) is 12. The number of benzene rings is 2. The van der Waals surface area contributed by atoms with E-state index in [0.29, 0.717) is 22.7 Å². The lowest BCUT2D eigenvalue weighted by Gasteiger charge is -2.33. The van der Waals surface area contributed by atoms with E-state index in [1.165, 1.54) is 13.8 Å². The molecule has 25 heteroatoms. The summed E-state index contributed by atoms with van der Waals surface area (Å²) in [4.78, 5) is 139. The number of halogens is 2. The largest absolute Gasteiger partial charge is 0.481 e. The Morgan fingerprint density at radius 1 is 0.693 bits per heavy atom. The van der Waals surface area contributed by atoms with Gasteiger partial charge in [0.15, 0.2) is 0 Å². The van der Waals surface area contributed by atoms with Crippen LogP contribution in [-0.4, -0.2) is 135 Å². The Hall–Kier alpha value is -8.35.